The predicted molar refractivity (Wildman–Crippen MR) is 107 cm³/mol. The molecule has 1 aromatic heterocycles. The van der Waals surface area contributed by atoms with E-state index < -0.39 is 5.97 Å². The van der Waals surface area contributed by atoms with Crippen LogP contribution in [0.4, 0.5) is 5.69 Å². The van der Waals surface area contributed by atoms with Gasteiger partial charge < -0.3 is 15.5 Å². The standard InChI is InChI=1S/C22H20N2O3/c1-14-13-23-11-10-20(14)24-15(2)18-4-3-5-19(22(18)27)17-8-6-16(7-9-17)12-21(25)26/h3-11,13,27H,2,12H2,1H3,(H,23,24)(H,25,26). The van der Waals surface area contributed by atoms with Crippen LogP contribution < -0.4 is 5.32 Å². The Morgan fingerprint density at radius 3 is 2.56 bits per heavy atom. The fourth-order valence-corrected chi connectivity index (χ4v) is 2.84. The number of carboxylic acids is 1. The molecule has 0 aliphatic carbocycles. The molecule has 0 atom stereocenters. The third kappa shape index (κ3) is 4.15. The molecule has 27 heavy (non-hydrogen) atoms. The largest absolute Gasteiger partial charge is 0.507 e. The average molecular weight is 360 g/mol. The van der Waals surface area contributed by atoms with Gasteiger partial charge in [0, 0.05) is 34.9 Å². The summed E-state index contributed by atoms with van der Waals surface area (Å²) in [5.41, 5.74) is 5.19. The summed E-state index contributed by atoms with van der Waals surface area (Å²) >= 11 is 0. The molecule has 0 saturated carbocycles. The number of carboxylic acid groups (broad SMARTS) is 1. The number of benzene rings is 2. The molecule has 0 unspecified atom stereocenters. The van der Waals surface area contributed by atoms with E-state index in [0.717, 1.165) is 16.8 Å². The Labute approximate surface area is 157 Å². The van der Waals surface area contributed by atoms with E-state index in [2.05, 4.69) is 16.9 Å². The number of nitrogens with one attached hydrogen (secondary N) is 1. The lowest BCUT2D eigenvalue weighted by Gasteiger charge is -2.15. The van der Waals surface area contributed by atoms with Crippen molar-refractivity contribution in [3.8, 4) is 16.9 Å². The lowest BCUT2D eigenvalue weighted by molar-refractivity contribution is -0.136. The first-order valence-electron chi connectivity index (χ1n) is 8.45. The van der Waals surface area contributed by atoms with Gasteiger partial charge in [0.05, 0.1) is 6.42 Å². The van der Waals surface area contributed by atoms with Gasteiger partial charge >= 0.3 is 5.97 Å². The van der Waals surface area contributed by atoms with Crippen molar-refractivity contribution in [2.45, 2.75) is 13.3 Å². The van der Waals surface area contributed by atoms with Crippen LogP contribution in [0.5, 0.6) is 5.75 Å². The fourth-order valence-electron chi connectivity index (χ4n) is 2.84. The zero-order valence-corrected chi connectivity index (χ0v) is 14.9. The first-order chi connectivity index (χ1) is 13.0. The number of phenolic OH excluding ortho intramolecular Hbond substituents is 1. The lowest BCUT2D eigenvalue weighted by atomic mass is 9.98. The Kier molecular flexibility index (Phi) is 5.22. The molecule has 0 spiro atoms. The molecule has 0 amide bonds. The number of aromatic hydroxyl groups is 1. The number of hydrogen-bond acceptors (Lipinski definition) is 4. The van der Waals surface area contributed by atoms with Crippen molar-refractivity contribution in [3.63, 3.8) is 0 Å². The number of pyridine rings is 1. The van der Waals surface area contributed by atoms with Gasteiger partial charge in [-0.05, 0) is 35.7 Å². The number of phenols is 1. The zero-order chi connectivity index (χ0) is 19.4. The van der Waals surface area contributed by atoms with Crippen molar-refractivity contribution >= 4 is 17.4 Å². The smallest absolute Gasteiger partial charge is 0.307 e. The maximum Gasteiger partial charge on any atom is 0.307 e. The quantitative estimate of drug-likeness (QED) is 0.604. The second-order valence-electron chi connectivity index (χ2n) is 6.26. The van der Waals surface area contributed by atoms with E-state index in [1.54, 1.807) is 42.7 Å². The zero-order valence-electron chi connectivity index (χ0n) is 14.9. The van der Waals surface area contributed by atoms with E-state index >= 15 is 0 Å². The third-order valence-corrected chi connectivity index (χ3v) is 4.29. The molecule has 0 saturated heterocycles. The summed E-state index contributed by atoms with van der Waals surface area (Å²) < 4.78 is 0. The molecule has 0 bridgehead atoms. The number of carbonyl (C=O) groups is 1. The maximum atomic E-state index is 10.8. The number of anilines is 1. The Balaban J connectivity index is 1.88. The van der Waals surface area contributed by atoms with Gasteiger partial charge in [-0.15, -0.1) is 0 Å². The van der Waals surface area contributed by atoms with E-state index in [0.29, 0.717) is 22.4 Å². The lowest BCUT2D eigenvalue weighted by Crippen LogP contribution is -2.00. The molecule has 5 nitrogen and oxygen atoms in total. The fraction of sp³-hybridized carbons (Fsp3) is 0.0909. The predicted octanol–water partition coefficient (Wildman–Crippen LogP) is 4.47. The van der Waals surface area contributed by atoms with Crippen LogP contribution in [0.15, 0.2) is 67.5 Å². The van der Waals surface area contributed by atoms with Crippen molar-refractivity contribution in [3.05, 3.63) is 84.2 Å². The van der Waals surface area contributed by atoms with Gasteiger partial charge in [0.15, 0.2) is 0 Å². The molecule has 0 aliphatic heterocycles. The number of aryl methyl sites for hydroxylation is 1. The topological polar surface area (TPSA) is 82.5 Å². The SMILES string of the molecule is C=C(Nc1ccncc1C)c1cccc(-c2ccc(CC(=O)O)cc2)c1O. The molecule has 0 aliphatic rings. The number of rotatable bonds is 6. The summed E-state index contributed by atoms with van der Waals surface area (Å²) in [5.74, 6) is -0.755. The molecule has 0 radical (unpaired) electrons. The van der Waals surface area contributed by atoms with Crippen LogP contribution in [0.2, 0.25) is 0 Å². The molecule has 1 heterocycles. The minimum atomic E-state index is -0.874. The van der Waals surface area contributed by atoms with Crippen LogP contribution in [-0.2, 0) is 11.2 Å². The van der Waals surface area contributed by atoms with Gasteiger partial charge in [-0.2, -0.15) is 0 Å². The number of nitrogens with zero attached hydrogens (tertiary/aromatic N) is 1. The Bertz CT molecular complexity index is 995. The summed E-state index contributed by atoms with van der Waals surface area (Å²) in [4.78, 5) is 14.9. The van der Waals surface area contributed by atoms with E-state index in [4.69, 9.17) is 5.11 Å². The second-order valence-corrected chi connectivity index (χ2v) is 6.26. The Morgan fingerprint density at radius 2 is 1.89 bits per heavy atom. The van der Waals surface area contributed by atoms with Crippen LogP contribution >= 0.6 is 0 Å². The minimum absolute atomic E-state index is 0.0295. The van der Waals surface area contributed by atoms with E-state index in [-0.39, 0.29) is 12.2 Å². The summed E-state index contributed by atoms with van der Waals surface area (Å²) in [6.45, 7) is 5.99. The summed E-state index contributed by atoms with van der Waals surface area (Å²) in [6.07, 6.45) is 3.42. The molecule has 3 rings (SSSR count). The van der Waals surface area contributed by atoms with Crippen LogP contribution in [0.25, 0.3) is 16.8 Å². The summed E-state index contributed by atoms with van der Waals surface area (Å²) in [6, 6.07) is 14.4. The van der Waals surface area contributed by atoms with Crippen molar-refractivity contribution in [1.29, 1.82) is 0 Å². The number of hydrogen-bond donors (Lipinski definition) is 3. The summed E-state index contributed by atoms with van der Waals surface area (Å²) in [7, 11) is 0. The van der Waals surface area contributed by atoms with Crippen molar-refractivity contribution in [1.82, 2.24) is 4.98 Å². The van der Waals surface area contributed by atoms with Gasteiger partial charge in [-0.3, -0.25) is 9.78 Å². The average Bonchev–Trinajstić information content (AvgIpc) is 2.64. The van der Waals surface area contributed by atoms with Crippen molar-refractivity contribution in [2.24, 2.45) is 0 Å². The van der Waals surface area contributed by atoms with Gasteiger partial charge in [-0.1, -0.05) is 43.0 Å². The molecule has 2 aromatic carbocycles. The molecular weight excluding hydrogens is 340 g/mol. The second kappa shape index (κ2) is 7.74. The van der Waals surface area contributed by atoms with Gasteiger partial charge in [0.1, 0.15) is 5.75 Å². The summed E-state index contributed by atoms with van der Waals surface area (Å²) in [5, 5.41) is 22.9. The normalized spacial score (nSPS) is 10.4. The molecular formula is C22H20N2O3. The number of aromatic nitrogens is 1. The molecule has 3 aromatic rings. The molecule has 136 valence electrons. The molecule has 0 fully saturated rings. The van der Waals surface area contributed by atoms with Gasteiger partial charge in [0.2, 0.25) is 0 Å². The highest BCUT2D eigenvalue weighted by molar-refractivity contribution is 5.84. The monoisotopic (exact) mass is 360 g/mol. The van der Waals surface area contributed by atoms with E-state index in [1.807, 2.05) is 25.1 Å². The van der Waals surface area contributed by atoms with E-state index in [1.165, 1.54) is 0 Å². The van der Waals surface area contributed by atoms with Crippen LogP contribution in [0.3, 0.4) is 0 Å². The first kappa shape index (κ1) is 18.2. The first-order valence-corrected chi connectivity index (χ1v) is 8.45. The highest BCUT2D eigenvalue weighted by atomic mass is 16.4. The van der Waals surface area contributed by atoms with Crippen LogP contribution in [0.1, 0.15) is 16.7 Å². The molecule has 5 heteroatoms. The third-order valence-electron chi connectivity index (χ3n) is 4.29. The van der Waals surface area contributed by atoms with Gasteiger partial charge in [-0.25, -0.2) is 0 Å². The van der Waals surface area contributed by atoms with Crippen LogP contribution in [0, 0.1) is 6.92 Å². The number of para-hydroxylation sites is 1. The minimum Gasteiger partial charge on any atom is -0.507 e. The molecule has 3 N–H and O–H groups in total. The maximum absolute atomic E-state index is 10.8. The van der Waals surface area contributed by atoms with E-state index in [9.17, 15) is 9.90 Å². The Hall–Kier alpha value is -3.60. The highest BCUT2D eigenvalue weighted by Crippen LogP contribution is 2.35. The van der Waals surface area contributed by atoms with Crippen LogP contribution in [-0.4, -0.2) is 21.2 Å². The highest BCUT2D eigenvalue weighted by Gasteiger charge is 2.12. The Morgan fingerprint density at radius 1 is 1.15 bits per heavy atom. The van der Waals surface area contributed by atoms with Crippen molar-refractivity contribution in [2.75, 3.05) is 5.32 Å². The van der Waals surface area contributed by atoms with Crippen molar-refractivity contribution < 1.29 is 15.0 Å². The number of aliphatic carboxylic acids is 1. The van der Waals surface area contributed by atoms with Gasteiger partial charge in [0.25, 0.3) is 0 Å².